The Morgan fingerprint density at radius 2 is 0.867 bits per heavy atom. The second kappa shape index (κ2) is 15.6. The Hall–Kier alpha value is -4.28. The summed E-state index contributed by atoms with van der Waals surface area (Å²) >= 11 is 0. The van der Waals surface area contributed by atoms with Crippen molar-refractivity contribution >= 4 is 17.2 Å². The van der Waals surface area contributed by atoms with Crippen LogP contribution in [0.25, 0.3) is 0 Å². The molecular formula is C36H36O7P2. The Balaban J connectivity index is 1.41. The third-order valence-corrected chi connectivity index (χ3v) is 8.56. The first kappa shape index (κ1) is 32.1. The van der Waals surface area contributed by atoms with Crippen LogP contribution in [0.2, 0.25) is 0 Å². The van der Waals surface area contributed by atoms with Crippen LogP contribution in [0.1, 0.15) is 27.8 Å². The first-order valence-corrected chi connectivity index (χ1v) is 16.6. The maximum Gasteiger partial charge on any atom is 0.530 e. The molecule has 0 atom stereocenters. The highest BCUT2D eigenvalue weighted by Gasteiger charge is 2.26. The quantitative estimate of drug-likeness (QED) is 0.112. The molecule has 0 saturated heterocycles. The molecule has 0 heterocycles. The molecule has 0 radical (unpaired) electrons. The number of aryl methyl sites for hydroxylation is 4. The largest absolute Gasteiger partial charge is 0.530 e. The molecule has 0 fully saturated rings. The highest BCUT2D eigenvalue weighted by molar-refractivity contribution is 7.43. The molecule has 45 heavy (non-hydrogen) atoms. The van der Waals surface area contributed by atoms with E-state index in [1.54, 1.807) is 7.11 Å². The highest BCUT2D eigenvalue weighted by Crippen LogP contribution is 2.48. The van der Waals surface area contributed by atoms with Gasteiger partial charge in [0.15, 0.2) is 11.5 Å². The molecule has 5 aromatic carbocycles. The molecule has 9 heteroatoms. The van der Waals surface area contributed by atoms with Crippen LogP contribution in [-0.4, -0.2) is 7.11 Å². The van der Waals surface area contributed by atoms with Crippen LogP contribution in [0, 0.1) is 27.7 Å². The minimum absolute atomic E-state index is 0.105. The number of ether oxygens (including phenoxy) is 1. The van der Waals surface area contributed by atoms with Crippen LogP contribution in [0.3, 0.4) is 0 Å². The molecule has 0 amide bonds. The third kappa shape index (κ3) is 9.60. The van der Waals surface area contributed by atoms with E-state index < -0.39 is 17.2 Å². The zero-order valence-corrected chi connectivity index (χ0v) is 27.7. The van der Waals surface area contributed by atoms with Crippen LogP contribution < -0.4 is 27.4 Å². The van der Waals surface area contributed by atoms with Crippen molar-refractivity contribution in [2.75, 3.05) is 7.11 Å². The molecule has 0 spiro atoms. The van der Waals surface area contributed by atoms with Gasteiger partial charge in [-0.25, -0.2) is 0 Å². The van der Waals surface area contributed by atoms with Gasteiger partial charge in [-0.2, -0.15) is 0 Å². The maximum absolute atomic E-state index is 6.50. The van der Waals surface area contributed by atoms with Gasteiger partial charge in [0, 0.05) is 5.56 Å². The van der Waals surface area contributed by atoms with E-state index >= 15 is 0 Å². The Morgan fingerprint density at radius 3 is 1.27 bits per heavy atom. The van der Waals surface area contributed by atoms with E-state index in [2.05, 4.69) is 0 Å². The van der Waals surface area contributed by atoms with Crippen molar-refractivity contribution in [3.8, 4) is 34.5 Å². The lowest BCUT2D eigenvalue weighted by molar-refractivity contribution is 0.252. The number of hydrogen-bond donors (Lipinski definition) is 0. The van der Waals surface area contributed by atoms with Crippen molar-refractivity contribution in [2.24, 2.45) is 0 Å². The molecule has 0 saturated carbocycles. The zero-order chi connectivity index (χ0) is 31.6. The monoisotopic (exact) mass is 642 g/mol. The molecule has 0 N–H and O–H groups in total. The number of benzene rings is 5. The highest BCUT2D eigenvalue weighted by atomic mass is 31.2. The first-order valence-electron chi connectivity index (χ1n) is 14.4. The fraction of sp³-hybridized carbons (Fsp3) is 0.167. The van der Waals surface area contributed by atoms with E-state index in [1.165, 1.54) is 0 Å². The van der Waals surface area contributed by atoms with Gasteiger partial charge in [-0.1, -0.05) is 60.7 Å². The summed E-state index contributed by atoms with van der Waals surface area (Å²) < 4.78 is 43.5. The van der Waals surface area contributed by atoms with E-state index in [4.69, 9.17) is 31.9 Å². The second-order valence-corrected chi connectivity index (χ2v) is 12.5. The van der Waals surface area contributed by atoms with E-state index in [0.717, 1.165) is 22.3 Å². The molecule has 0 unspecified atom stereocenters. The number of hydrogen-bond acceptors (Lipinski definition) is 7. The zero-order valence-electron chi connectivity index (χ0n) is 25.9. The van der Waals surface area contributed by atoms with Gasteiger partial charge in [0.25, 0.3) is 0 Å². The molecule has 232 valence electrons. The van der Waals surface area contributed by atoms with E-state index in [1.807, 2.05) is 143 Å². The van der Waals surface area contributed by atoms with Gasteiger partial charge >= 0.3 is 17.2 Å². The van der Waals surface area contributed by atoms with Gasteiger partial charge in [-0.15, -0.1) is 0 Å². The fourth-order valence-corrected chi connectivity index (χ4v) is 6.29. The summed E-state index contributed by atoms with van der Waals surface area (Å²) in [7, 11) is -2.22. The lowest BCUT2D eigenvalue weighted by Gasteiger charge is -2.22. The molecule has 0 aromatic heterocycles. The minimum Gasteiger partial charge on any atom is -0.493 e. The van der Waals surface area contributed by atoms with Crippen molar-refractivity contribution < 1.29 is 31.9 Å². The van der Waals surface area contributed by atoms with Crippen molar-refractivity contribution in [3.63, 3.8) is 0 Å². The summed E-state index contributed by atoms with van der Waals surface area (Å²) in [6.07, 6.45) is 0. The smallest absolute Gasteiger partial charge is 0.493 e. The summed E-state index contributed by atoms with van der Waals surface area (Å²) in [6.45, 7) is 8.13. The predicted octanol–water partition coefficient (Wildman–Crippen LogP) is 10.6. The number of para-hydroxylation sites is 1. The molecule has 0 aliphatic heterocycles. The normalized spacial score (nSPS) is 10.9. The van der Waals surface area contributed by atoms with Gasteiger partial charge in [-0.3, -0.25) is 4.52 Å². The Kier molecular flexibility index (Phi) is 11.2. The lowest BCUT2D eigenvalue weighted by Crippen LogP contribution is -2.06. The molecule has 0 aliphatic carbocycles. The van der Waals surface area contributed by atoms with Crippen LogP contribution in [-0.2, 0) is 11.1 Å². The average Bonchev–Trinajstić information content (AvgIpc) is 3.00. The second-order valence-electron chi connectivity index (χ2n) is 10.4. The van der Waals surface area contributed by atoms with Gasteiger partial charge in [0.05, 0.1) is 13.7 Å². The molecule has 7 nitrogen and oxygen atoms in total. The van der Waals surface area contributed by atoms with Crippen LogP contribution >= 0.6 is 17.2 Å². The van der Waals surface area contributed by atoms with Crippen LogP contribution in [0.4, 0.5) is 0 Å². The first-order chi connectivity index (χ1) is 21.8. The molecule has 5 rings (SSSR count). The summed E-state index contributed by atoms with van der Waals surface area (Å²) in [6, 6.07) is 36.6. The summed E-state index contributed by atoms with van der Waals surface area (Å²) in [5, 5.41) is 0. The summed E-state index contributed by atoms with van der Waals surface area (Å²) in [4.78, 5) is 0. The number of methoxy groups -OCH3 is 1. The SMILES string of the molecule is COc1cccc(COP(Oc2cccc(C)c2)Oc2cccc(C)c2)c1OP(Oc1cccc(C)c1)Oc1cccc(C)c1. The lowest BCUT2D eigenvalue weighted by atomic mass is 10.2. The molecule has 5 aromatic rings. The van der Waals surface area contributed by atoms with Crippen molar-refractivity contribution in [3.05, 3.63) is 143 Å². The molecule has 0 bridgehead atoms. The Morgan fingerprint density at radius 1 is 0.467 bits per heavy atom. The molecule has 0 aliphatic rings. The minimum atomic E-state index is -1.96. The molecular weight excluding hydrogens is 606 g/mol. The van der Waals surface area contributed by atoms with Crippen molar-refractivity contribution in [1.29, 1.82) is 0 Å². The van der Waals surface area contributed by atoms with Gasteiger partial charge in [0.2, 0.25) is 0 Å². The van der Waals surface area contributed by atoms with Crippen LogP contribution in [0.15, 0.2) is 115 Å². The summed E-state index contributed by atoms with van der Waals surface area (Å²) in [5.74, 6) is 3.50. The average molecular weight is 643 g/mol. The van der Waals surface area contributed by atoms with E-state index in [-0.39, 0.29) is 6.61 Å². The van der Waals surface area contributed by atoms with Crippen LogP contribution in [0.5, 0.6) is 34.5 Å². The third-order valence-electron chi connectivity index (χ3n) is 6.45. The Labute approximate surface area is 267 Å². The van der Waals surface area contributed by atoms with Crippen molar-refractivity contribution in [2.45, 2.75) is 34.3 Å². The predicted molar refractivity (Wildman–Crippen MR) is 179 cm³/mol. The van der Waals surface area contributed by atoms with Crippen molar-refractivity contribution in [1.82, 2.24) is 0 Å². The van der Waals surface area contributed by atoms with E-state index in [9.17, 15) is 0 Å². The van der Waals surface area contributed by atoms with E-state index in [0.29, 0.717) is 40.1 Å². The topological polar surface area (TPSA) is 64.6 Å². The standard InChI is InChI=1S/C36H36O7P2/c1-26-11-6-16-31(21-26)39-44(40-32-17-7-12-27(2)22-32)38-25-30-15-10-20-35(37-5)36(30)43-45(41-33-18-8-13-28(3)23-33)42-34-19-9-14-29(4)24-34/h6-24H,25H2,1-5H3. The van der Waals surface area contributed by atoms with Gasteiger partial charge in [-0.05, 0) is 105 Å². The number of rotatable bonds is 14. The van der Waals surface area contributed by atoms with Gasteiger partial charge < -0.3 is 27.4 Å². The van der Waals surface area contributed by atoms with Gasteiger partial charge in [0.1, 0.15) is 23.0 Å². The fourth-order valence-electron chi connectivity index (χ4n) is 4.30. The Bertz CT molecular complexity index is 1620. The maximum atomic E-state index is 6.50. The summed E-state index contributed by atoms with van der Waals surface area (Å²) in [5.41, 5.74) is 4.95.